The number of rotatable bonds is 3. The number of nitrogens with two attached hydrogens (primary N) is 1. The van der Waals surface area contributed by atoms with Gasteiger partial charge < -0.3 is 5.73 Å². The Bertz CT molecular complexity index is 329. The fourth-order valence-corrected chi connectivity index (χ4v) is 2.87. The zero-order chi connectivity index (χ0) is 10.7. The standard InChI is InChI=1S/C13H18FN/c14-12-6-2-1-5-11(12)13(9-10-15)7-3-4-8-13/h1-2,5-6H,3-4,7-10,15H2. The third kappa shape index (κ3) is 1.91. The molecule has 0 unspecified atom stereocenters. The second-order valence-corrected chi connectivity index (χ2v) is 4.51. The van der Waals surface area contributed by atoms with Gasteiger partial charge in [-0.25, -0.2) is 4.39 Å². The van der Waals surface area contributed by atoms with Crippen molar-refractivity contribution in [2.75, 3.05) is 6.54 Å². The molecule has 0 radical (unpaired) electrons. The Morgan fingerprint density at radius 2 is 1.87 bits per heavy atom. The van der Waals surface area contributed by atoms with E-state index in [2.05, 4.69) is 0 Å². The zero-order valence-corrected chi connectivity index (χ0v) is 9.01. The van der Waals surface area contributed by atoms with Crippen molar-refractivity contribution in [1.82, 2.24) is 0 Å². The van der Waals surface area contributed by atoms with E-state index in [-0.39, 0.29) is 11.2 Å². The summed E-state index contributed by atoms with van der Waals surface area (Å²) < 4.78 is 13.8. The first kappa shape index (κ1) is 10.6. The van der Waals surface area contributed by atoms with Gasteiger partial charge >= 0.3 is 0 Å². The molecule has 0 saturated heterocycles. The highest BCUT2D eigenvalue weighted by Gasteiger charge is 2.36. The molecule has 1 nitrogen and oxygen atoms in total. The lowest BCUT2D eigenvalue weighted by atomic mass is 9.76. The van der Waals surface area contributed by atoms with E-state index in [0.717, 1.165) is 24.8 Å². The molecular weight excluding hydrogens is 189 g/mol. The van der Waals surface area contributed by atoms with E-state index < -0.39 is 0 Å². The van der Waals surface area contributed by atoms with Crippen molar-refractivity contribution < 1.29 is 4.39 Å². The summed E-state index contributed by atoms with van der Waals surface area (Å²) in [6, 6.07) is 7.17. The van der Waals surface area contributed by atoms with Crippen LogP contribution in [0.25, 0.3) is 0 Å². The van der Waals surface area contributed by atoms with E-state index in [4.69, 9.17) is 5.73 Å². The van der Waals surface area contributed by atoms with Crippen molar-refractivity contribution in [3.63, 3.8) is 0 Å². The van der Waals surface area contributed by atoms with Crippen molar-refractivity contribution in [2.45, 2.75) is 37.5 Å². The predicted octanol–water partition coefficient (Wildman–Crippen LogP) is 2.99. The molecule has 82 valence electrons. The molecule has 0 aromatic heterocycles. The zero-order valence-electron chi connectivity index (χ0n) is 9.01. The predicted molar refractivity (Wildman–Crippen MR) is 60.2 cm³/mol. The van der Waals surface area contributed by atoms with E-state index in [1.807, 2.05) is 12.1 Å². The van der Waals surface area contributed by atoms with Crippen LogP contribution in [0.4, 0.5) is 4.39 Å². The number of halogens is 1. The van der Waals surface area contributed by atoms with Gasteiger partial charge in [-0.1, -0.05) is 31.0 Å². The molecule has 0 heterocycles. The smallest absolute Gasteiger partial charge is 0.126 e. The van der Waals surface area contributed by atoms with Crippen molar-refractivity contribution in [3.8, 4) is 0 Å². The summed E-state index contributed by atoms with van der Waals surface area (Å²) in [5.74, 6) is -0.0622. The average Bonchev–Trinajstić information content (AvgIpc) is 2.69. The van der Waals surface area contributed by atoms with E-state index in [0.29, 0.717) is 6.54 Å². The molecule has 0 amide bonds. The van der Waals surface area contributed by atoms with Crippen LogP contribution in [0.1, 0.15) is 37.7 Å². The molecule has 1 aromatic carbocycles. The van der Waals surface area contributed by atoms with Crippen LogP contribution in [0.3, 0.4) is 0 Å². The molecule has 1 aliphatic rings. The highest BCUT2D eigenvalue weighted by molar-refractivity contribution is 5.28. The summed E-state index contributed by atoms with van der Waals surface area (Å²) in [7, 11) is 0. The summed E-state index contributed by atoms with van der Waals surface area (Å²) in [6.07, 6.45) is 5.49. The maximum atomic E-state index is 13.8. The van der Waals surface area contributed by atoms with Gasteiger partial charge in [0.1, 0.15) is 5.82 Å². The SMILES string of the molecule is NCCC1(c2ccccc2F)CCCC1. The molecule has 0 spiro atoms. The van der Waals surface area contributed by atoms with Gasteiger partial charge in [0.2, 0.25) is 0 Å². The largest absolute Gasteiger partial charge is 0.330 e. The Balaban J connectivity index is 2.36. The van der Waals surface area contributed by atoms with Crippen LogP contribution in [0.5, 0.6) is 0 Å². The Morgan fingerprint density at radius 1 is 1.20 bits per heavy atom. The van der Waals surface area contributed by atoms with Gasteiger partial charge in [-0.3, -0.25) is 0 Å². The van der Waals surface area contributed by atoms with Crippen LogP contribution in [-0.2, 0) is 5.41 Å². The summed E-state index contributed by atoms with van der Waals surface area (Å²) in [4.78, 5) is 0. The molecule has 1 aromatic rings. The van der Waals surface area contributed by atoms with Gasteiger partial charge in [0.25, 0.3) is 0 Å². The third-order valence-corrected chi connectivity index (χ3v) is 3.63. The summed E-state index contributed by atoms with van der Waals surface area (Å²) >= 11 is 0. The van der Waals surface area contributed by atoms with E-state index in [9.17, 15) is 4.39 Å². The Labute approximate surface area is 90.5 Å². The van der Waals surface area contributed by atoms with Crippen molar-refractivity contribution in [3.05, 3.63) is 35.6 Å². The van der Waals surface area contributed by atoms with E-state index in [1.54, 1.807) is 12.1 Å². The minimum absolute atomic E-state index is 0.0279. The lowest BCUT2D eigenvalue weighted by Gasteiger charge is -2.29. The monoisotopic (exact) mass is 207 g/mol. The van der Waals surface area contributed by atoms with Crippen LogP contribution >= 0.6 is 0 Å². The minimum Gasteiger partial charge on any atom is -0.330 e. The van der Waals surface area contributed by atoms with Gasteiger partial charge in [-0.15, -0.1) is 0 Å². The molecular formula is C13H18FN. The van der Waals surface area contributed by atoms with Crippen molar-refractivity contribution in [2.24, 2.45) is 5.73 Å². The Hall–Kier alpha value is -0.890. The van der Waals surface area contributed by atoms with Gasteiger partial charge in [0, 0.05) is 0 Å². The first-order valence-electron chi connectivity index (χ1n) is 5.74. The molecule has 2 heteroatoms. The van der Waals surface area contributed by atoms with Crippen molar-refractivity contribution in [1.29, 1.82) is 0 Å². The summed E-state index contributed by atoms with van der Waals surface area (Å²) in [5.41, 5.74) is 6.57. The molecule has 0 aliphatic heterocycles. The minimum atomic E-state index is -0.0622. The topological polar surface area (TPSA) is 26.0 Å². The first-order chi connectivity index (χ1) is 7.28. The summed E-state index contributed by atoms with van der Waals surface area (Å²) in [5, 5.41) is 0. The molecule has 0 atom stereocenters. The van der Waals surface area contributed by atoms with Crippen molar-refractivity contribution >= 4 is 0 Å². The summed E-state index contributed by atoms with van der Waals surface area (Å²) in [6.45, 7) is 0.647. The van der Waals surface area contributed by atoms with Crippen LogP contribution in [0.2, 0.25) is 0 Å². The normalized spacial score (nSPS) is 19.3. The van der Waals surface area contributed by atoms with Crippen LogP contribution in [-0.4, -0.2) is 6.54 Å². The average molecular weight is 207 g/mol. The number of hydrogen-bond donors (Lipinski definition) is 1. The molecule has 1 saturated carbocycles. The van der Waals surface area contributed by atoms with Gasteiger partial charge in [-0.05, 0) is 42.9 Å². The molecule has 15 heavy (non-hydrogen) atoms. The van der Waals surface area contributed by atoms with Gasteiger partial charge in [0.15, 0.2) is 0 Å². The Morgan fingerprint density at radius 3 is 2.47 bits per heavy atom. The molecule has 1 aliphatic carbocycles. The maximum absolute atomic E-state index is 13.8. The molecule has 2 N–H and O–H groups in total. The molecule has 0 bridgehead atoms. The van der Waals surface area contributed by atoms with Crippen LogP contribution < -0.4 is 5.73 Å². The highest BCUT2D eigenvalue weighted by atomic mass is 19.1. The van der Waals surface area contributed by atoms with Gasteiger partial charge in [-0.2, -0.15) is 0 Å². The lowest BCUT2D eigenvalue weighted by Crippen LogP contribution is -2.27. The second-order valence-electron chi connectivity index (χ2n) is 4.51. The fourth-order valence-electron chi connectivity index (χ4n) is 2.87. The van der Waals surface area contributed by atoms with Gasteiger partial charge in [0.05, 0.1) is 0 Å². The maximum Gasteiger partial charge on any atom is 0.126 e. The fraction of sp³-hybridized carbons (Fsp3) is 0.538. The lowest BCUT2D eigenvalue weighted by molar-refractivity contribution is 0.392. The van der Waals surface area contributed by atoms with Crippen LogP contribution in [0.15, 0.2) is 24.3 Å². The Kier molecular flexibility index (Phi) is 3.06. The third-order valence-electron chi connectivity index (χ3n) is 3.63. The molecule has 2 rings (SSSR count). The van der Waals surface area contributed by atoms with E-state index in [1.165, 1.54) is 12.8 Å². The number of benzene rings is 1. The number of hydrogen-bond acceptors (Lipinski definition) is 1. The quantitative estimate of drug-likeness (QED) is 0.810. The first-order valence-corrected chi connectivity index (χ1v) is 5.74. The van der Waals surface area contributed by atoms with E-state index >= 15 is 0 Å². The second kappa shape index (κ2) is 4.31. The highest BCUT2D eigenvalue weighted by Crippen LogP contribution is 2.44. The van der Waals surface area contributed by atoms with Crippen LogP contribution in [0, 0.1) is 5.82 Å². The molecule has 1 fully saturated rings.